The predicted octanol–water partition coefficient (Wildman–Crippen LogP) is 5.09. The van der Waals surface area contributed by atoms with Crippen molar-refractivity contribution in [3.8, 4) is 0 Å². The number of hydrogen-bond acceptors (Lipinski definition) is 5. The number of ether oxygens (including phenoxy) is 1. The van der Waals surface area contributed by atoms with Crippen LogP contribution in [0.4, 0.5) is 5.00 Å². The number of aryl methyl sites for hydroxylation is 1. The number of methoxy groups -OCH3 is 1. The third-order valence-electron chi connectivity index (χ3n) is 4.77. The highest BCUT2D eigenvalue weighted by molar-refractivity contribution is 7.99. The SMILES string of the molecule is COC(=O)c1c(NC(=O)CCSc2ccc(C)cc2)sc2c1CCC(C)C2. The first-order valence-corrected chi connectivity index (χ1v) is 11.0. The zero-order valence-electron chi connectivity index (χ0n) is 16.0. The van der Waals surface area contributed by atoms with E-state index in [-0.39, 0.29) is 11.9 Å². The first kappa shape index (κ1) is 20.0. The van der Waals surface area contributed by atoms with Crippen LogP contribution in [0.1, 0.15) is 46.1 Å². The van der Waals surface area contributed by atoms with Crippen LogP contribution >= 0.6 is 23.1 Å². The average Bonchev–Trinajstić information content (AvgIpc) is 2.99. The summed E-state index contributed by atoms with van der Waals surface area (Å²) in [6, 6.07) is 8.29. The van der Waals surface area contributed by atoms with Gasteiger partial charge >= 0.3 is 5.97 Å². The Morgan fingerprint density at radius 2 is 2.04 bits per heavy atom. The van der Waals surface area contributed by atoms with Crippen molar-refractivity contribution in [2.75, 3.05) is 18.2 Å². The highest BCUT2D eigenvalue weighted by Gasteiger charge is 2.28. The number of rotatable bonds is 6. The third-order valence-corrected chi connectivity index (χ3v) is 6.96. The van der Waals surface area contributed by atoms with Gasteiger partial charge in [0.25, 0.3) is 0 Å². The molecular weight excluding hydrogens is 378 g/mol. The molecular formula is C21H25NO3S2. The lowest BCUT2D eigenvalue weighted by atomic mass is 9.88. The maximum absolute atomic E-state index is 12.4. The average molecular weight is 404 g/mol. The Bertz CT molecular complexity index is 827. The van der Waals surface area contributed by atoms with Crippen molar-refractivity contribution < 1.29 is 14.3 Å². The predicted molar refractivity (Wildman–Crippen MR) is 112 cm³/mol. The van der Waals surface area contributed by atoms with Gasteiger partial charge in [-0.15, -0.1) is 23.1 Å². The molecule has 0 aliphatic heterocycles. The molecule has 1 N–H and O–H groups in total. The summed E-state index contributed by atoms with van der Waals surface area (Å²) in [5.74, 6) is 0.888. The van der Waals surface area contributed by atoms with E-state index in [4.69, 9.17) is 4.74 Å². The van der Waals surface area contributed by atoms with E-state index in [1.807, 2.05) is 0 Å². The molecule has 6 heteroatoms. The number of amides is 1. The van der Waals surface area contributed by atoms with E-state index in [0.717, 1.165) is 29.7 Å². The fourth-order valence-corrected chi connectivity index (χ4v) is 5.51. The van der Waals surface area contributed by atoms with Crippen LogP contribution in [0.3, 0.4) is 0 Å². The Kier molecular flexibility index (Phi) is 6.60. The molecule has 1 aromatic carbocycles. The first-order valence-electron chi connectivity index (χ1n) is 9.20. The van der Waals surface area contributed by atoms with Gasteiger partial charge in [0, 0.05) is 21.9 Å². The zero-order valence-corrected chi connectivity index (χ0v) is 17.6. The summed E-state index contributed by atoms with van der Waals surface area (Å²) < 4.78 is 4.97. The Labute approximate surface area is 168 Å². The van der Waals surface area contributed by atoms with E-state index in [1.165, 1.54) is 28.9 Å². The summed E-state index contributed by atoms with van der Waals surface area (Å²) in [7, 11) is 1.39. The quantitative estimate of drug-likeness (QED) is 0.539. The highest BCUT2D eigenvalue weighted by atomic mass is 32.2. The van der Waals surface area contributed by atoms with Crippen LogP contribution < -0.4 is 5.32 Å². The van der Waals surface area contributed by atoms with Crippen molar-refractivity contribution in [3.63, 3.8) is 0 Å². The van der Waals surface area contributed by atoms with E-state index in [1.54, 1.807) is 11.8 Å². The highest BCUT2D eigenvalue weighted by Crippen LogP contribution is 2.40. The minimum absolute atomic E-state index is 0.0635. The fraction of sp³-hybridized carbons (Fsp3) is 0.429. The van der Waals surface area contributed by atoms with E-state index in [2.05, 4.69) is 43.4 Å². The van der Waals surface area contributed by atoms with Crippen molar-refractivity contribution in [1.29, 1.82) is 0 Å². The molecule has 1 unspecified atom stereocenters. The van der Waals surface area contributed by atoms with Gasteiger partial charge in [-0.1, -0.05) is 24.6 Å². The van der Waals surface area contributed by atoms with Gasteiger partial charge in [-0.2, -0.15) is 0 Å². The first-order chi connectivity index (χ1) is 13.0. The van der Waals surface area contributed by atoms with Crippen LogP contribution in [0.5, 0.6) is 0 Å². The number of thioether (sulfide) groups is 1. The van der Waals surface area contributed by atoms with Gasteiger partial charge < -0.3 is 10.1 Å². The Morgan fingerprint density at radius 3 is 2.74 bits per heavy atom. The van der Waals surface area contributed by atoms with Crippen LogP contribution in [0.15, 0.2) is 29.2 Å². The molecule has 1 amide bonds. The van der Waals surface area contributed by atoms with Crippen molar-refractivity contribution in [2.45, 2.75) is 44.4 Å². The van der Waals surface area contributed by atoms with Gasteiger partial charge in [0.05, 0.1) is 12.7 Å². The molecule has 0 bridgehead atoms. The molecule has 0 saturated heterocycles. The van der Waals surface area contributed by atoms with Crippen molar-refractivity contribution in [1.82, 2.24) is 0 Å². The minimum atomic E-state index is -0.355. The summed E-state index contributed by atoms with van der Waals surface area (Å²) in [6.45, 7) is 4.28. The van der Waals surface area contributed by atoms with Crippen molar-refractivity contribution in [2.24, 2.45) is 5.92 Å². The number of benzene rings is 1. The molecule has 1 aliphatic carbocycles. The van der Waals surface area contributed by atoms with Crippen LogP contribution in [0.25, 0.3) is 0 Å². The molecule has 144 valence electrons. The lowest BCUT2D eigenvalue weighted by molar-refractivity contribution is -0.115. The number of fused-ring (bicyclic) bond motifs is 1. The van der Waals surface area contributed by atoms with E-state index >= 15 is 0 Å². The van der Waals surface area contributed by atoms with Gasteiger partial charge in [0.1, 0.15) is 5.00 Å². The number of carbonyl (C=O) groups excluding carboxylic acids is 2. The van der Waals surface area contributed by atoms with Crippen molar-refractivity contribution >= 4 is 40.0 Å². The molecule has 4 nitrogen and oxygen atoms in total. The van der Waals surface area contributed by atoms with E-state index in [9.17, 15) is 9.59 Å². The molecule has 0 fully saturated rings. The number of carbonyl (C=O) groups is 2. The fourth-order valence-electron chi connectivity index (χ4n) is 3.24. The largest absolute Gasteiger partial charge is 0.465 e. The maximum atomic E-state index is 12.4. The van der Waals surface area contributed by atoms with E-state index < -0.39 is 0 Å². The lowest BCUT2D eigenvalue weighted by Gasteiger charge is -2.18. The molecule has 0 saturated carbocycles. The summed E-state index contributed by atoms with van der Waals surface area (Å²) in [5.41, 5.74) is 2.85. The summed E-state index contributed by atoms with van der Waals surface area (Å²) in [6.07, 6.45) is 3.30. The molecule has 27 heavy (non-hydrogen) atoms. The molecule has 0 spiro atoms. The molecule has 0 radical (unpaired) electrons. The third kappa shape index (κ3) is 4.93. The van der Waals surface area contributed by atoms with Gasteiger partial charge in [-0.3, -0.25) is 4.79 Å². The second-order valence-corrected chi connectivity index (χ2v) is 9.28. The number of thiophene rings is 1. The Hall–Kier alpha value is -1.79. The molecule has 2 aromatic rings. The number of esters is 1. The number of nitrogens with one attached hydrogen (secondary N) is 1. The normalized spacial score (nSPS) is 15.9. The van der Waals surface area contributed by atoms with Crippen molar-refractivity contribution in [3.05, 3.63) is 45.8 Å². The van der Waals surface area contributed by atoms with Gasteiger partial charge in [-0.05, 0) is 49.8 Å². The number of hydrogen-bond donors (Lipinski definition) is 1. The zero-order chi connectivity index (χ0) is 19.4. The van der Waals surface area contributed by atoms with Gasteiger partial charge in [0.2, 0.25) is 5.91 Å². The second-order valence-electron chi connectivity index (χ2n) is 7.01. The monoisotopic (exact) mass is 403 g/mol. The summed E-state index contributed by atoms with van der Waals surface area (Å²) in [4.78, 5) is 27.1. The van der Waals surface area contributed by atoms with Crippen LogP contribution in [0, 0.1) is 12.8 Å². The smallest absolute Gasteiger partial charge is 0.341 e. The van der Waals surface area contributed by atoms with Crippen LogP contribution in [-0.4, -0.2) is 24.7 Å². The van der Waals surface area contributed by atoms with Crippen LogP contribution in [-0.2, 0) is 22.4 Å². The standard InChI is InChI=1S/C21H25NO3S2/c1-13-4-7-15(8-5-13)26-11-10-18(23)22-20-19(21(24)25-3)16-9-6-14(2)12-17(16)27-20/h4-5,7-8,14H,6,9-12H2,1-3H3,(H,22,23). The minimum Gasteiger partial charge on any atom is -0.465 e. The van der Waals surface area contributed by atoms with Gasteiger partial charge in [-0.25, -0.2) is 4.79 Å². The maximum Gasteiger partial charge on any atom is 0.341 e. The molecule has 1 atom stereocenters. The lowest BCUT2D eigenvalue weighted by Crippen LogP contribution is -2.16. The summed E-state index contributed by atoms with van der Waals surface area (Å²) in [5, 5.41) is 3.60. The van der Waals surface area contributed by atoms with E-state index in [0.29, 0.717) is 28.7 Å². The second kappa shape index (κ2) is 8.93. The molecule has 1 aromatic heterocycles. The summed E-state index contributed by atoms with van der Waals surface area (Å²) >= 11 is 3.19. The van der Waals surface area contributed by atoms with Crippen LogP contribution in [0.2, 0.25) is 0 Å². The van der Waals surface area contributed by atoms with Gasteiger partial charge in [0.15, 0.2) is 0 Å². The Morgan fingerprint density at radius 1 is 1.30 bits per heavy atom. The Balaban J connectivity index is 1.64. The molecule has 3 rings (SSSR count). The topological polar surface area (TPSA) is 55.4 Å². The molecule has 1 heterocycles. The number of anilines is 1. The molecule has 1 aliphatic rings.